The number of nitrogens with zero attached hydrogens (tertiary/aromatic N) is 5. The molecule has 0 saturated carbocycles. The molecule has 0 radical (unpaired) electrons. The fraction of sp³-hybridized carbons (Fsp3) is 0.316. The third-order valence-corrected chi connectivity index (χ3v) is 4.44. The van der Waals surface area contributed by atoms with Crippen molar-refractivity contribution in [1.82, 2.24) is 24.1 Å². The molecule has 0 aliphatic rings. The summed E-state index contributed by atoms with van der Waals surface area (Å²) in [4.78, 5) is 32.7. The van der Waals surface area contributed by atoms with Gasteiger partial charge in [0.05, 0.1) is 23.4 Å². The zero-order valence-corrected chi connectivity index (χ0v) is 15.5. The minimum Gasteiger partial charge on any atom is -0.462 e. The number of hydrogen-bond donors (Lipinski definition) is 0. The summed E-state index contributed by atoms with van der Waals surface area (Å²) in [6.07, 6.45) is 3.34. The lowest BCUT2D eigenvalue weighted by atomic mass is 10.1. The van der Waals surface area contributed by atoms with E-state index in [4.69, 9.17) is 9.15 Å². The number of rotatable bonds is 6. The summed E-state index contributed by atoms with van der Waals surface area (Å²) in [5.41, 5.74) is 2.32. The van der Waals surface area contributed by atoms with Crippen LogP contribution in [-0.4, -0.2) is 36.7 Å². The molecule has 0 N–H and O–H groups in total. The first-order chi connectivity index (χ1) is 13.6. The van der Waals surface area contributed by atoms with Crippen molar-refractivity contribution in [3.63, 3.8) is 0 Å². The summed E-state index contributed by atoms with van der Waals surface area (Å²) in [6, 6.07) is 7.21. The zero-order valence-electron chi connectivity index (χ0n) is 15.5. The molecule has 0 unspecified atom stereocenters. The Morgan fingerprint density at radius 1 is 1.25 bits per heavy atom. The fourth-order valence-corrected chi connectivity index (χ4v) is 3.20. The standard InChI is InChI=1S/C19H19N5O4/c1-12(2)16-13(10-20-18-21-11-22-24(16)18)17(25)27-9-5-8-23-14-6-3-4-7-15(14)28-19(23)26/h3-4,6-7,10-12H,5,8-9H2,1-2H3. The zero-order chi connectivity index (χ0) is 19.7. The van der Waals surface area contributed by atoms with Gasteiger partial charge in [-0.3, -0.25) is 4.57 Å². The quantitative estimate of drug-likeness (QED) is 0.373. The van der Waals surface area contributed by atoms with Crippen LogP contribution in [0.25, 0.3) is 16.9 Å². The van der Waals surface area contributed by atoms with Crippen LogP contribution >= 0.6 is 0 Å². The Morgan fingerprint density at radius 3 is 2.89 bits per heavy atom. The number of fused-ring (bicyclic) bond motifs is 2. The number of ether oxygens (including phenoxy) is 1. The van der Waals surface area contributed by atoms with Crippen LogP contribution in [0.5, 0.6) is 0 Å². The number of aryl methyl sites for hydroxylation is 1. The molecular formula is C19H19N5O4. The molecule has 9 nitrogen and oxygen atoms in total. The van der Waals surface area contributed by atoms with Crippen molar-refractivity contribution >= 4 is 22.8 Å². The van der Waals surface area contributed by atoms with Gasteiger partial charge < -0.3 is 9.15 Å². The van der Waals surface area contributed by atoms with E-state index in [9.17, 15) is 9.59 Å². The molecule has 0 atom stereocenters. The Hall–Kier alpha value is -3.49. The Labute approximate surface area is 159 Å². The number of para-hydroxylation sites is 2. The first kappa shape index (κ1) is 17.9. The second-order valence-corrected chi connectivity index (χ2v) is 6.66. The average molecular weight is 381 g/mol. The van der Waals surface area contributed by atoms with Gasteiger partial charge in [-0.25, -0.2) is 19.1 Å². The van der Waals surface area contributed by atoms with Crippen LogP contribution < -0.4 is 5.76 Å². The van der Waals surface area contributed by atoms with Crippen molar-refractivity contribution < 1.29 is 13.9 Å². The third-order valence-electron chi connectivity index (χ3n) is 4.44. The van der Waals surface area contributed by atoms with Crippen LogP contribution in [0.3, 0.4) is 0 Å². The molecule has 3 aromatic heterocycles. The van der Waals surface area contributed by atoms with E-state index >= 15 is 0 Å². The molecule has 0 spiro atoms. The van der Waals surface area contributed by atoms with Crippen molar-refractivity contribution in [2.24, 2.45) is 0 Å². The van der Waals surface area contributed by atoms with Crippen LogP contribution in [0, 0.1) is 0 Å². The molecule has 28 heavy (non-hydrogen) atoms. The number of carbonyl (C=O) groups excluding carboxylic acids is 1. The predicted molar refractivity (Wildman–Crippen MR) is 100 cm³/mol. The number of carbonyl (C=O) groups is 1. The van der Waals surface area contributed by atoms with Gasteiger partial charge >= 0.3 is 11.7 Å². The Balaban J connectivity index is 1.45. The Bertz CT molecular complexity index is 1200. The van der Waals surface area contributed by atoms with Gasteiger partial charge in [0, 0.05) is 12.7 Å². The van der Waals surface area contributed by atoms with Crippen LogP contribution in [0.1, 0.15) is 42.2 Å². The summed E-state index contributed by atoms with van der Waals surface area (Å²) in [6.45, 7) is 4.48. The van der Waals surface area contributed by atoms with E-state index < -0.39 is 11.7 Å². The first-order valence-corrected chi connectivity index (χ1v) is 9.00. The minimum atomic E-state index is -0.474. The SMILES string of the molecule is CC(C)c1c(C(=O)OCCCn2c(=O)oc3ccccc32)cnc2ncnn12. The molecule has 0 aliphatic heterocycles. The molecule has 144 valence electrons. The summed E-state index contributed by atoms with van der Waals surface area (Å²) >= 11 is 0. The summed E-state index contributed by atoms with van der Waals surface area (Å²) in [5, 5.41) is 4.14. The maximum atomic E-state index is 12.6. The number of benzene rings is 1. The summed E-state index contributed by atoms with van der Waals surface area (Å²) in [5.74, 6) is -0.425. The highest BCUT2D eigenvalue weighted by atomic mass is 16.5. The average Bonchev–Trinajstić information content (AvgIpc) is 3.27. The van der Waals surface area contributed by atoms with Gasteiger partial charge in [-0.15, -0.1) is 0 Å². The lowest BCUT2D eigenvalue weighted by Gasteiger charge is -2.13. The molecule has 0 amide bonds. The van der Waals surface area contributed by atoms with E-state index in [1.165, 1.54) is 17.1 Å². The molecule has 0 saturated heterocycles. The van der Waals surface area contributed by atoms with Crippen molar-refractivity contribution in [2.75, 3.05) is 6.61 Å². The van der Waals surface area contributed by atoms with Crippen molar-refractivity contribution in [2.45, 2.75) is 32.7 Å². The van der Waals surface area contributed by atoms with Gasteiger partial charge in [-0.1, -0.05) is 26.0 Å². The topological polar surface area (TPSA) is 105 Å². The van der Waals surface area contributed by atoms with Crippen molar-refractivity contribution in [3.05, 3.63) is 58.6 Å². The van der Waals surface area contributed by atoms with E-state index in [0.29, 0.717) is 35.6 Å². The van der Waals surface area contributed by atoms with Gasteiger partial charge in [0.1, 0.15) is 6.33 Å². The highest BCUT2D eigenvalue weighted by Gasteiger charge is 2.20. The van der Waals surface area contributed by atoms with Gasteiger partial charge in [-0.05, 0) is 24.5 Å². The molecule has 4 aromatic rings. The predicted octanol–water partition coefficient (Wildman–Crippen LogP) is 2.40. The van der Waals surface area contributed by atoms with E-state index in [0.717, 1.165) is 5.52 Å². The number of oxazole rings is 1. The molecule has 0 bridgehead atoms. The fourth-order valence-electron chi connectivity index (χ4n) is 3.20. The molecule has 0 aliphatic carbocycles. The minimum absolute atomic E-state index is 0.0330. The lowest BCUT2D eigenvalue weighted by Crippen LogP contribution is -2.18. The van der Waals surface area contributed by atoms with Gasteiger partial charge in [0.15, 0.2) is 5.58 Å². The Kier molecular flexibility index (Phi) is 4.64. The van der Waals surface area contributed by atoms with E-state index in [2.05, 4.69) is 15.1 Å². The summed E-state index contributed by atoms with van der Waals surface area (Å²) < 4.78 is 13.7. The van der Waals surface area contributed by atoms with Crippen LogP contribution in [0.15, 0.2) is 46.0 Å². The van der Waals surface area contributed by atoms with E-state index in [-0.39, 0.29) is 12.5 Å². The highest BCUT2D eigenvalue weighted by molar-refractivity contribution is 5.90. The second-order valence-electron chi connectivity index (χ2n) is 6.66. The smallest absolute Gasteiger partial charge is 0.419 e. The van der Waals surface area contributed by atoms with Crippen molar-refractivity contribution in [1.29, 1.82) is 0 Å². The maximum absolute atomic E-state index is 12.6. The van der Waals surface area contributed by atoms with Crippen LogP contribution in [-0.2, 0) is 11.3 Å². The summed E-state index contributed by atoms with van der Waals surface area (Å²) in [7, 11) is 0. The molecule has 4 rings (SSSR count). The molecule has 9 heteroatoms. The third kappa shape index (κ3) is 3.15. The van der Waals surface area contributed by atoms with Crippen LogP contribution in [0.4, 0.5) is 0 Å². The lowest BCUT2D eigenvalue weighted by molar-refractivity contribution is 0.0492. The molecule has 1 aromatic carbocycles. The number of aromatic nitrogens is 5. The Morgan fingerprint density at radius 2 is 2.07 bits per heavy atom. The molecule has 0 fully saturated rings. The second kappa shape index (κ2) is 7.26. The number of hydrogen-bond acceptors (Lipinski definition) is 7. The maximum Gasteiger partial charge on any atom is 0.419 e. The van der Waals surface area contributed by atoms with E-state index in [1.54, 1.807) is 10.6 Å². The van der Waals surface area contributed by atoms with E-state index in [1.807, 2.05) is 32.0 Å². The normalized spacial score (nSPS) is 11.5. The first-order valence-electron chi connectivity index (χ1n) is 9.00. The molecule has 3 heterocycles. The van der Waals surface area contributed by atoms with Gasteiger partial charge in [0.2, 0.25) is 0 Å². The highest BCUT2D eigenvalue weighted by Crippen LogP contribution is 2.20. The van der Waals surface area contributed by atoms with Gasteiger partial charge in [0.25, 0.3) is 5.78 Å². The van der Waals surface area contributed by atoms with Crippen molar-refractivity contribution in [3.8, 4) is 0 Å². The monoisotopic (exact) mass is 381 g/mol. The number of esters is 1. The van der Waals surface area contributed by atoms with Gasteiger partial charge in [-0.2, -0.15) is 10.1 Å². The largest absolute Gasteiger partial charge is 0.462 e. The molecular weight excluding hydrogens is 362 g/mol. The van der Waals surface area contributed by atoms with Crippen LogP contribution in [0.2, 0.25) is 0 Å².